The fraction of sp³-hybridized carbons (Fsp3) is 1.00. The van der Waals surface area contributed by atoms with Crippen LogP contribution in [0.1, 0.15) is 65.7 Å². The highest BCUT2D eigenvalue weighted by Gasteiger charge is 2.64. The van der Waals surface area contributed by atoms with Crippen molar-refractivity contribution >= 4 is 0 Å². The second-order valence-electron chi connectivity index (χ2n) is 9.09. The molecule has 4 fully saturated rings. The molecular weight excluding hydrogens is 232 g/mol. The first-order valence-electron chi connectivity index (χ1n) is 8.62. The lowest BCUT2D eigenvalue weighted by Gasteiger charge is -2.49. The molecular formula is C18H30O. The van der Waals surface area contributed by atoms with Crippen molar-refractivity contribution in [1.82, 2.24) is 0 Å². The Morgan fingerprint density at radius 2 is 1.79 bits per heavy atom. The van der Waals surface area contributed by atoms with Crippen molar-refractivity contribution < 1.29 is 5.11 Å². The number of rotatable bonds is 0. The Labute approximate surface area is 118 Å². The Hall–Kier alpha value is -0.0400. The molecule has 0 bridgehead atoms. The Kier molecular flexibility index (Phi) is 2.52. The third-order valence-corrected chi connectivity index (χ3v) is 7.99. The molecule has 0 amide bonds. The molecule has 0 spiro atoms. The molecule has 0 heterocycles. The van der Waals surface area contributed by atoms with Crippen LogP contribution in [0.3, 0.4) is 0 Å². The molecule has 4 saturated carbocycles. The van der Waals surface area contributed by atoms with Crippen LogP contribution in [0.2, 0.25) is 0 Å². The van der Waals surface area contributed by atoms with Crippen molar-refractivity contribution in [2.24, 2.45) is 40.4 Å². The standard InChI is InChI=1S/C18H30O/c1-11-7-14-16(19)8-12-13-5-4-6-17(13,2)10-15(12)18(14,3)9-11/h11-16,19H,4-10H2,1-3H3. The van der Waals surface area contributed by atoms with Crippen molar-refractivity contribution in [3.8, 4) is 0 Å². The van der Waals surface area contributed by atoms with Crippen LogP contribution in [0.5, 0.6) is 0 Å². The molecule has 0 radical (unpaired) electrons. The first-order valence-corrected chi connectivity index (χ1v) is 8.62. The minimum Gasteiger partial charge on any atom is -0.393 e. The van der Waals surface area contributed by atoms with Gasteiger partial charge in [0, 0.05) is 0 Å². The molecule has 19 heavy (non-hydrogen) atoms. The summed E-state index contributed by atoms with van der Waals surface area (Å²) in [4.78, 5) is 0. The molecule has 108 valence electrons. The summed E-state index contributed by atoms with van der Waals surface area (Å²) in [5, 5.41) is 10.7. The minimum absolute atomic E-state index is 0.000787. The second-order valence-corrected chi connectivity index (χ2v) is 9.09. The molecule has 0 aromatic carbocycles. The normalized spacial score (nSPS) is 63.8. The monoisotopic (exact) mass is 262 g/mol. The molecule has 0 saturated heterocycles. The molecule has 0 aliphatic heterocycles. The molecule has 8 atom stereocenters. The summed E-state index contributed by atoms with van der Waals surface area (Å²) in [5.41, 5.74) is 1.08. The predicted molar refractivity (Wildman–Crippen MR) is 77.7 cm³/mol. The molecule has 0 aromatic rings. The first-order chi connectivity index (χ1) is 8.94. The van der Waals surface area contributed by atoms with Gasteiger partial charge in [-0.25, -0.2) is 0 Å². The Balaban J connectivity index is 1.72. The van der Waals surface area contributed by atoms with Gasteiger partial charge in [-0.15, -0.1) is 0 Å². The van der Waals surface area contributed by atoms with E-state index < -0.39 is 0 Å². The van der Waals surface area contributed by atoms with E-state index >= 15 is 0 Å². The minimum atomic E-state index is -0.000787. The van der Waals surface area contributed by atoms with Gasteiger partial charge in [0.2, 0.25) is 0 Å². The predicted octanol–water partition coefficient (Wildman–Crippen LogP) is 4.25. The second kappa shape index (κ2) is 3.78. The van der Waals surface area contributed by atoms with Crippen LogP contribution in [-0.4, -0.2) is 11.2 Å². The van der Waals surface area contributed by atoms with Crippen LogP contribution in [0.25, 0.3) is 0 Å². The lowest BCUT2D eigenvalue weighted by Crippen LogP contribution is -2.46. The van der Waals surface area contributed by atoms with E-state index in [4.69, 9.17) is 0 Å². The number of hydrogen-bond acceptors (Lipinski definition) is 1. The zero-order valence-corrected chi connectivity index (χ0v) is 12.9. The van der Waals surface area contributed by atoms with E-state index in [0.717, 1.165) is 30.1 Å². The van der Waals surface area contributed by atoms with Crippen molar-refractivity contribution in [3.63, 3.8) is 0 Å². The lowest BCUT2D eigenvalue weighted by molar-refractivity contribution is -0.0681. The van der Waals surface area contributed by atoms with Gasteiger partial charge >= 0.3 is 0 Å². The summed E-state index contributed by atoms with van der Waals surface area (Å²) in [6.45, 7) is 7.50. The van der Waals surface area contributed by atoms with Crippen LogP contribution < -0.4 is 0 Å². The molecule has 1 heteroatoms. The summed E-state index contributed by atoms with van der Waals surface area (Å²) in [7, 11) is 0. The number of hydrogen-bond donors (Lipinski definition) is 1. The number of fused-ring (bicyclic) bond motifs is 5. The van der Waals surface area contributed by atoms with Crippen LogP contribution in [0.15, 0.2) is 0 Å². The van der Waals surface area contributed by atoms with Gasteiger partial charge in [-0.2, -0.15) is 0 Å². The molecule has 4 aliphatic carbocycles. The topological polar surface area (TPSA) is 20.2 Å². The van der Waals surface area contributed by atoms with Gasteiger partial charge < -0.3 is 5.11 Å². The van der Waals surface area contributed by atoms with Crippen LogP contribution in [0, 0.1) is 40.4 Å². The molecule has 0 aromatic heterocycles. The lowest BCUT2D eigenvalue weighted by atomic mass is 9.57. The van der Waals surface area contributed by atoms with E-state index in [1.54, 1.807) is 0 Å². The quantitative estimate of drug-likeness (QED) is 0.692. The largest absolute Gasteiger partial charge is 0.393 e. The summed E-state index contributed by atoms with van der Waals surface area (Å²) in [6, 6.07) is 0. The summed E-state index contributed by atoms with van der Waals surface area (Å²) < 4.78 is 0. The Morgan fingerprint density at radius 1 is 1.00 bits per heavy atom. The van der Waals surface area contributed by atoms with Crippen molar-refractivity contribution in [2.75, 3.05) is 0 Å². The zero-order valence-electron chi connectivity index (χ0n) is 12.9. The highest BCUT2D eigenvalue weighted by molar-refractivity contribution is 5.13. The fourth-order valence-corrected chi connectivity index (χ4v) is 7.38. The summed E-state index contributed by atoms with van der Waals surface area (Å²) in [6.07, 6.45) is 9.58. The van der Waals surface area contributed by atoms with E-state index in [0.29, 0.717) is 16.7 Å². The zero-order chi connectivity index (χ0) is 13.4. The van der Waals surface area contributed by atoms with E-state index in [-0.39, 0.29) is 6.10 Å². The SMILES string of the molecule is CC1CC2C(O)CC3C4CCCC4(C)CC3C2(C)C1. The van der Waals surface area contributed by atoms with Crippen LogP contribution in [-0.2, 0) is 0 Å². The van der Waals surface area contributed by atoms with E-state index in [2.05, 4.69) is 20.8 Å². The van der Waals surface area contributed by atoms with E-state index in [1.807, 2.05) is 0 Å². The van der Waals surface area contributed by atoms with Crippen LogP contribution in [0.4, 0.5) is 0 Å². The van der Waals surface area contributed by atoms with Crippen molar-refractivity contribution in [3.05, 3.63) is 0 Å². The van der Waals surface area contributed by atoms with Gasteiger partial charge in [0.15, 0.2) is 0 Å². The average Bonchev–Trinajstić information content (AvgIpc) is 2.91. The first kappa shape index (κ1) is 12.7. The summed E-state index contributed by atoms with van der Waals surface area (Å²) in [5.74, 6) is 4.12. The third kappa shape index (κ3) is 1.51. The van der Waals surface area contributed by atoms with Crippen LogP contribution >= 0.6 is 0 Å². The average molecular weight is 262 g/mol. The fourth-order valence-electron chi connectivity index (χ4n) is 7.38. The molecule has 1 nitrogen and oxygen atoms in total. The highest BCUT2D eigenvalue weighted by atomic mass is 16.3. The van der Waals surface area contributed by atoms with E-state index in [9.17, 15) is 5.11 Å². The van der Waals surface area contributed by atoms with Crippen molar-refractivity contribution in [2.45, 2.75) is 71.8 Å². The Morgan fingerprint density at radius 3 is 2.58 bits per heavy atom. The summed E-state index contributed by atoms with van der Waals surface area (Å²) >= 11 is 0. The maximum Gasteiger partial charge on any atom is 0.0576 e. The van der Waals surface area contributed by atoms with Gasteiger partial charge in [-0.05, 0) is 78.9 Å². The molecule has 4 aliphatic rings. The maximum atomic E-state index is 10.7. The van der Waals surface area contributed by atoms with Gasteiger partial charge in [-0.3, -0.25) is 0 Å². The maximum absolute atomic E-state index is 10.7. The highest BCUT2D eigenvalue weighted by Crippen LogP contribution is 2.70. The Bertz CT molecular complexity index is 391. The third-order valence-electron chi connectivity index (χ3n) is 7.99. The van der Waals surface area contributed by atoms with Gasteiger partial charge in [0.1, 0.15) is 0 Å². The molecule has 1 N–H and O–H groups in total. The molecule has 8 unspecified atom stereocenters. The van der Waals surface area contributed by atoms with E-state index in [1.165, 1.54) is 38.5 Å². The van der Waals surface area contributed by atoms with Gasteiger partial charge in [0.25, 0.3) is 0 Å². The number of aliphatic hydroxyl groups is 1. The number of aliphatic hydroxyl groups excluding tert-OH is 1. The van der Waals surface area contributed by atoms with Gasteiger partial charge in [-0.1, -0.05) is 27.2 Å². The smallest absolute Gasteiger partial charge is 0.0576 e. The van der Waals surface area contributed by atoms with Crippen molar-refractivity contribution in [1.29, 1.82) is 0 Å². The van der Waals surface area contributed by atoms with Gasteiger partial charge in [0.05, 0.1) is 6.10 Å². The molecule has 4 rings (SSSR count).